The number of aliphatic hydroxyl groups is 1. The summed E-state index contributed by atoms with van der Waals surface area (Å²) < 4.78 is 1.10. The van der Waals surface area contributed by atoms with E-state index in [1.807, 2.05) is 0 Å². The van der Waals surface area contributed by atoms with Gasteiger partial charge in [-0.25, -0.2) is 0 Å². The van der Waals surface area contributed by atoms with E-state index < -0.39 is 5.60 Å². The van der Waals surface area contributed by atoms with Crippen molar-refractivity contribution in [2.24, 2.45) is 11.8 Å². The van der Waals surface area contributed by atoms with Gasteiger partial charge in [-0.05, 0) is 59.2 Å². The average molecular weight is 303 g/mol. The fraction of sp³-hybridized carbons (Fsp3) is 0.375. The van der Waals surface area contributed by atoms with Gasteiger partial charge in [0.05, 0.1) is 5.60 Å². The van der Waals surface area contributed by atoms with Gasteiger partial charge in [-0.1, -0.05) is 40.5 Å². The van der Waals surface area contributed by atoms with Crippen molar-refractivity contribution in [2.75, 3.05) is 0 Å². The standard InChI is InChI=1S/C16H15BrO/c17-13-7-5-10-8-12(6-4-11(10)9-13)16(18)14-2-1-3-15(14)16/h4-9,14-15,18H,1-3H2. The molecule has 0 amide bonds. The topological polar surface area (TPSA) is 20.2 Å². The predicted molar refractivity (Wildman–Crippen MR) is 76.4 cm³/mol. The van der Waals surface area contributed by atoms with Crippen LogP contribution in [0.2, 0.25) is 0 Å². The molecule has 0 saturated heterocycles. The van der Waals surface area contributed by atoms with E-state index in [2.05, 4.69) is 52.3 Å². The zero-order valence-electron chi connectivity index (χ0n) is 10.1. The van der Waals surface area contributed by atoms with Crippen LogP contribution >= 0.6 is 15.9 Å². The van der Waals surface area contributed by atoms with E-state index in [1.54, 1.807) is 0 Å². The van der Waals surface area contributed by atoms with Gasteiger partial charge in [0.1, 0.15) is 0 Å². The summed E-state index contributed by atoms with van der Waals surface area (Å²) in [7, 11) is 0. The molecule has 92 valence electrons. The van der Waals surface area contributed by atoms with Crippen molar-refractivity contribution < 1.29 is 5.11 Å². The second kappa shape index (κ2) is 3.58. The third-order valence-electron chi connectivity index (χ3n) is 4.80. The molecule has 0 heterocycles. The highest BCUT2D eigenvalue weighted by molar-refractivity contribution is 9.10. The van der Waals surface area contributed by atoms with Gasteiger partial charge in [-0.3, -0.25) is 0 Å². The minimum Gasteiger partial charge on any atom is -0.385 e. The second-order valence-electron chi connectivity index (χ2n) is 5.68. The monoisotopic (exact) mass is 302 g/mol. The molecule has 2 aliphatic carbocycles. The molecule has 2 atom stereocenters. The van der Waals surface area contributed by atoms with Crippen LogP contribution in [0.1, 0.15) is 24.8 Å². The van der Waals surface area contributed by atoms with Crippen LogP contribution in [0.25, 0.3) is 10.8 Å². The van der Waals surface area contributed by atoms with Crippen molar-refractivity contribution in [1.82, 2.24) is 0 Å². The van der Waals surface area contributed by atoms with Crippen molar-refractivity contribution >= 4 is 26.7 Å². The molecule has 2 heteroatoms. The molecule has 2 unspecified atom stereocenters. The van der Waals surface area contributed by atoms with Crippen molar-refractivity contribution in [1.29, 1.82) is 0 Å². The summed E-state index contributed by atoms with van der Waals surface area (Å²) in [6.07, 6.45) is 3.68. The third kappa shape index (κ3) is 1.36. The van der Waals surface area contributed by atoms with Gasteiger partial charge in [0.2, 0.25) is 0 Å². The summed E-state index contributed by atoms with van der Waals surface area (Å²) in [6, 6.07) is 12.7. The Balaban J connectivity index is 1.81. The van der Waals surface area contributed by atoms with Crippen LogP contribution in [-0.4, -0.2) is 5.11 Å². The average Bonchev–Trinajstić information content (AvgIpc) is 2.79. The van der Waals surface area contributed by atoms with Gasteiger partial charge in [0.15, 0.2) is 0 Å². The summed E-state index contributed by atoms with van der Waals surface area (Å²) in [5, 5.41) is 13.2. The van der Waals surface area contributed by atoms with Crippen LogP contribution in [0.5, 0.6) is 0 Å². The van der Waals surface area contributed by atoms with Crippen molar-refractivity contribution in [3.63, 3.8) is 0 Å². The highest BCUT2D eigenvalue weighted by Gasteiger charge is 2.66. The van der Waals surface area contributed by atoms with E-state index in [0.717, 1.165) is 10.0 Å². The Kier molecular flexibility index (Phi) is 2.19. The van der Waals surface area contributed by atoms with E-state index in [-0.39, 0.29) is 0 Å². The summed E-state index contributed by atoms with van der Waals surface area (Å²) in [5.74, 6) is 1.04. The van der Waals surface area contributed by atoms with Crippen molar-refractivity contribution in [3.8, 4) is 0 Å². The predicted octanol–water partition coefficient (Wildman–Crippen LogP) is 4.22. The number of fused-ring (bicyclic) bond motifs is 2. The second-order valence-corrected chi connectivity index (χ2v) is 6.59. The molecule has 1 N–H and O–H groups in total. The zero-order valence-corrected chi connectivity index (χ0v) is 11.7. The molecule has 2 fully saturated rings. The summed E-state index contributed by atoms with van der Waals surface area (Å²) in [6.45, 7) is 0. The maximum absolute atomic E-state index is 10.8. The Morgan fingerprint density at radius 2 is 1.67 bits per heavy atom. The van der Waals surface area contributed by atoms with E-state index in [4.69, 9.17) is 0 Å². The van der Waals surface area contributed by atoms with Crippen molar-refractivity contribution in [2.45, 2.75) is 24.9 Å². The lowest BCUT2D eigenvalue weighted by Gasteiger charge is -2.15. The van der Waals surface area contributed by atoms with Crippen LogP contribution in [0.3, 0.4) is 0 Å². The highest BCUT2D eigenvalue weighted by atomic mass is 79.9. The van der Waals surface area contributed by atoms with Crippen LogP contribution in [0, 0.1) is 11.8 Å². The molecule has 2 aromatic rings. The smallest absolute Gasteiger partial charge is 0.0960 e. The Morgan fingerprint density at radius 1 is 1.00 bits per heavy atom. The van der Waals surface area contributed by atoms with Gasteiger partial charge in [-0.2, -0.15) is 0 Å². The van der Waals surface area contributed by atoms with Gasteiger partial charge in [-0.15, -0.1) is 0 Å². The Morgan fingerprint density at radius 3 is 2.44 bits per heavy atom. The third-order valence-corrected chi connectivity index (χ3v) is 5.30. The maximum Gasteiger partial charge on any atom is 0.0960 e. The molecule has 0 radical (unpaired) electrons. The first-order valence-corrected chi connectivity index (χ1v) is 7.41. The molecular weight excluding hydrogens is 288 g/mol. The highest BCUT2D eigenvalue weighted by Crippen LogP contribution is 2.66. The quantitative estimate of drug-likeness (QED) is 0.836. The van der Waals surface area contributed by atoms with E-state index in [9.17, 15) is 5.11 Å². The molecule has 0 aromatic heterocycles. The van der Waals surface area contributed by atoms with Gasteiger partial charge in [0, 0.05) is 4.47 Å². The van der Waals surface area contributed by atoms with Crippen LogP contribution in [-0.2, 0) is 5.60 Å². The van der Waals surface area contributed by atoms with Crippen molar-refractivity contribution in [3.05, 3.63) is 46.4 Å². The molecule has 4 rings (SSSR count). The van der Waals surface area contributed by atoms with Crippen LogP contribution < -0.4 is 0 Å². The summed E-state index contributed by atoms with van der Waals surface area (Å²) in [4.78, 5) is 0. The number of hydrogen-bond acceptors (Lipinski definition) is 1. The maximum atomic E-state index is 10.8. The molecule has 1 nitrogen and oxygen atoms in total. The lowest BCUT2D eigenvalue weighted by Crippen LogP contribution is -2.12. The number of rotatable bonds is 1. The zero-order chi connectivity index (χ0) is 12.3. The van der Waals surface area contributed by atoms with Crippen LogP contribution in [0.15, 0.2) is 40.9 Å². The summed E-state index contributed by atoms with van der Waals surface area (Å²) >= 11 is 3.49. The minimum atomic E-state index is -0.514. The molecule has 2 saturated carbocycles. The molecule has 2 aromatic carbocycles. The Bertz CT molecular complexity index is 624. The molecular formula is C16H15BrO. The van der Waals surface area contributed by atoms with E-state index >= 15 is 0 Å². The van der Waals surface area contributed by atoms with Gasteiger partial charge < -0.3 is 5.11 Å². The SMILES string of the molecule is OC1(c2ccc3cc(Br)ccc3c2)C2CCCC21. The molecule has 0 bridgehead atoms. The summed E-state index contributed by atoms with van der Waals surface area (Å²) in [5.41, 5.74) is 0.603. The lowest BCUT2D eigenvalue weighted by atomic mass is 9.96. The molecule has 18 heavy (non-hydrogen) atoms. The first kappa shape index (κ1) is 11.0. The molecule has 0 aliphatic heterocycles. The van der Waals surface area contributed by atoms with E-state index in [0.29, 0.717) is 11.8 Å². The van der Waals surface area contributed by atoms with Crippen LogP contribution in [0.4, 0.5) is 0 Å². The number of halogens is 1. The largest absolute Gasteiger partial charge is 0.385 e. The normalized spacial score (nSPS) is 33.7. The Hall–Kier alpha value is -0.860. The van der Waals surface area contributed by atoms with Gasteiger partial charge in [0.25, 0.3) is 0 Å². The lowest BCUT2D eigenvalue weighted by molar-refractivity contribution is 0.105. The number of benzene rings is 2. The minimum absolute atomic E-state index is 0.514. The van der Waals surface area contributed by atoms with E-state index in [1.165, 1.54) is 30.0 Å². The molecule has 0 spiro atoms. The fourth-order valence-electron chi connectivity index (χ4n) is 3.82. The molecule has 2 aliphatic rings. The first-order chi connectivity index (χ1) is 8.69. The fourth-order valence-corrected chi connectivity index (χ4v) is 4.19. The Labute approximate surface area is 115 Å². The first-order valence-electron chi connectivity index (χ1n) is 6.62. The number of hydrogen-bond donors (Lipinski definition) is 1. The van der Waals surface area contributed by atoms with Gasteiger partial charge >= 0.3 is 0 Å².